The Kier molecular flexibility index (Phi) is 7.22. The Bertz CT molecular complexity index is 929. The molecule has 0 spiro atoms. The first-order chi connectivity index (χ1) is 13.6. The smallest absolute Gasteiger partial charge is 0.416 e. The van der Waals surface area contributed by atoms with Crippen LogP contribution in [0.1, 0.15) is 11.1 Å². The number of nitrogens with one attached hydrogen (secondary N) is 2. The normalized spacial score (nSPS) is 13.0. The lowest BCUT2D eigenvalue weighted by Gasteiger charge is -2.17. The Hall–Kier alpha value is -2.63. The van der Waals surface area contributed by atoms with Crippen LogP contribution in [0.15, 0.2) is 53.4 Å². The summed E-state index contributed by atoms with van der Waals surface area (Å²) >= 11 is 0. The Morgan fingerprint density at radius 2 is 1.69 bits per heavy atom. The Labute approximate surface area is 165 Å². The molecule has 0 radical (unpaired) electrons. The number of hydrogen-bond acceptors (Lipinski definition) is 5. The third-order valence-electron chi connectivity index (χ3n) is 3.91. The molecule has 158 valence electrons. The Morgan fingerprint density at radius 1 is 1.10 bits per heavy atom. The number of ether oxygens (including phenoxy) is 1. The monoisotopic (exact) mass is 432 g/mol. The molecule has 11 heteroatoms. The lowest BCUT2D eigenvalue weighted by molar-refractivity contribution is -0.137. The molecule has 2 aromatic rings. The lowest BCUT2D eigenvalue weighted by Crippen LogP contribution is -2.48. The van der Waals surface area contributed by atoms with Gasteiger partial charge in [0.05, 0.1) is 24.2 Å². The number of rotatable bonds is 8. The van der Waals surface area contributed by atoms with Crippen LogP contribution in [0.3, 0.4) is 0 Å². The SMILES string of the molecule is COc1ccc(S(=O)(=O)NC(CO)C(=O)NCc2ccc(C(F)(F)F)cc2)cc1. The minimum Gasteiger partial charge on any atom is -0.497 e. The fraction of sp³-hybridized carbons (Fsp3) is 0.278. The van der Waals surface area contributed by atoms with Crippen molar-refractivity contribution in [3.63, 3.8) is 0 Å². The van der Waals surface area contributed by atoms with E-state index in [2.05, 4.69) is 10.0 Å². The predicted octanol–water partition coefficient (Wildman–Crippen LogP) is 1.67. The average molecular weight is 432 g/mol. The van der Waals surface area contributed by atoms with Crippen molar-refractivity contribution in [2.75, 3.05) is 13.7 Å². The minimum atomic E-state index is -4.47. The van der Waals surface area contributed by atoms with E-state index >= 15 is 0 Å². The summed E-state index contributed by atoms with van der Waals surface area (Å²) in [5, 5.41) is 11.8. The molecule has 29 heavy (non-hydrogen) atoms. The standard InChI is InChI=1S/C18H19F3N2O5S/c1-28-14-6-8-15(9-7-14)29(26,27)23-16(11-24)17(25)22-10-12-2-4-13(5-3-12)18(19,20)21/h2-9,16,23-24H,10-11H2,1H3,(H,22,25). The number of aliphatic hydroxyl groups is 1. The molecule has 0 heterocycles. The summed E-state index contributed by atoms with van der Waals surface area (Å²) in [6.45, 7) is -0.952. The Balaban J connectivity index is 2.00. The second kappa shape index (κ2) is 9.25. The van der Waals surface area contributed by atoms with E-state index in [0.29, 0.717) is 11.3 Å². The zero-order valence-corrected chi connectivity index (χ0v) is 16.0. The van der Waals surface area contributed by atoms with Gasteiger partial charge in [0, 0.05) is 6.54 Å². The van der Waals surface area contributed by atoms with Gasteiger partial charge in [0.2, 0.25) is 15.9 Å². The van der Waals surface area contributed by atoms with E-state index in [-0.39, 0.29) is 11.4 Å². The first-order valence-corrected chi connectivity index (χ1v) is 9.76. The van der Waals surface area contributed by atoms with Crippen LogP contribution in [-0.2, 0) is 27.5 Å². The van der Waals surface area contributed by atoms with Gasteiger partial charge in [0.25, 0.3) is 0 Å². The van der Waals surface area contributed by atoms with Crippen LogP contribution in [0.4, 0.5) is 13.2 Å². The number of carbonyl (C=O) groups excluding carboxylic acids is 1. The molecule has 2 aromatic carbocycles. The highest BCUT2D eigenvalue weighted by atomic mass is 32.2. The quantitative estimate of drug-likeness (QED) is 0.589. The van der Waals surface area contributed by atoms with E-state index < -0.39 is 40.3 Å². The fourth-order valence-corrected chi connectivity index (χ4v) is 3.49. The molecular weight excluding hydrogens is 413 g/mol. The molecule has 1 unspecified atom stereocenters. The molecule has 0 aliphatic rings. The molecule has 0 aliphatic carbocycles. The molecule has 7 nitrogen and oxygen atoms in total. The van der Waals surface area contributed by atoms with Gasteiger partial charge in [0.1, 0.15) is 11.8 Å². The second-order valence-corrected chi connectivity index (χ2v) is 7.66. The molecule has 0 aliphatic heterocycles. The van der Waals surface area contributed by atoms with Crippen LogP contribution >= 0.6 is 0 Å². The third kappa shape index (κ3) is 6.17. The summed E-state index contributed by atoms with van der Waals surface area (Å²) in [6.07, 6.45) is -4.47. The number of methoxy groups -OCH3 is 1. The van der Waals surface area contributed by atoms with Gasteiger partial charge in [-0.1, -0.05) is 12.1 Å². The van der Waals surface area contributed by atoms with Gasteiger partial charge in [-0.25, -0.2) is 8.42 Å². The van der Waals surface area contributed by atoms with E-state index in [1.54, 1.807) is 0 Å². The molecule has 1 atom stereocenters. The van der Waals surface area contributed by atoms with Crippen LogP contribution in [0.25, 0.3) is 0 Å². The largest absolute Gasteiger partial charge is 0.497 e. The van der Waals surface area contributed by atoms with Gasteiger partial charge < -0.3 is 15.2 Å². The highest BCUT2D eigenvalue weighted by Crippen LogP contribution is 2.29. The fourth-order valence-electron chi connectivity index (χ4n) is 2.31. The summed E-state index contributed by atoms with van der Waals surface area (Å²) in [4.78, 5) is 12.1. The number of carbonyl (C=O) groups is 1. The molecule has 0 fully saturated rings. The zero-order chi connectivity index (χ0) is 21.7. The molecule has 0 aromatic heterocycles. The molecular formula is C18H19F3N2O5S. The number of aliphatic hydroxyl groups excluding tert-OH is 1. The predicted molar refractivity (Wildman–Crippen MR) is 97.5 cm³/mol. The van der Waals surface area contributed by atoms with E-state index in [0.717, 1.165) is 12.1 Å². The summed E-state index contributed by atoms with van der Waals surface area (Å²) in [7, 11) is -2.68. The number of benzene rings is 2. The first kappa shape index (κ1) is 22.7. The number of hydrogen-bond donors (Lipinski definition) is 3. The van der Waals surface area contributed by atoms with Gasteiger partial charge in [-0.05, 0) is 42.0 Å². The minimum absolute atomic E-state index is 0.132. The van der Waals surface area contributed by atoms with E-state index in [4.69, 9.17) is 4.74 Å². The van der Waals surface area contributed by atoms with Gasteiger partial charge in [-0.3, -0.25) is 4.79 Å². The number of halogens is 3. The number of amides is 1. The Morgan fingerprint density at radius 3 is 2.17 bits per heavy atom. The first-order valence-electron chi connectivity index (χ1n) is 8.28. The highest BCUT2D eigenvalue weighted by Gasteiger charge is 2.30. The van der Waals surface area contributed by atoms with Gasteiger partial charge in [-0.2, -0.15) is 17.9 Å². The van der Waals surface area contributed by atoms with Crippen molar-refractivity contribution < 1.29 is 36.2 Å². The molecule has 1 amide bonds. The van der Waals surface area contributed by atoms with Gasteiger partial charge in [0.15, 0.2) is 0 Å². The van der Waals surface area contributed by atoms with Crippen molar-refractivity contribution in [3.05, 3.63) is 59.7 Å². The van der Waals surface area contributed by atoms with Gasteiger partial charge >= 0.3 is 6.18 Å². The highest BCUT2D eigenvalue weighted by molar-refractivity contribution is 7.89. The number of sulfonamides is 1. The molecule has 2 rings (SSSR count). The van der Waals surface area contributed by atoms with Gasteiger partial charge in [-0.15, -0.1) is 0 Å². The summed E-state index contributed by atoms with van der Waals surface area (Å²) in [6, 6.07) is 8.05. The maximum atomic E-state index is 12.6. The summed E-state index contributed by atoms with van der Waals surface area (Å²) in [5.74, 6) is -0.388. The maximum Gasteiger partial charge on any atom is 0.416 e. The van der Waals surface area contributed by atoms with Crippen LogP contribution in [-0.4, -0.2) is 39.2 Å². The van der Waals surface area contributed by atoms with Crippen LogP contribution < -0.4 is 14.8 Å². The van der Waals surface area contributed by atoms with E-state index in [1.165, 1.54) is 43.5 Å². The van der Waals surface area contributed by atoms with Crippen LogP contribution in [0, 0.1) is 0 Å². The molecule has 3 N–H and O–H groups in total. The van der Waals surface area contributed by atoms with E-state index in [9.17, 15) is 31.5 Å². The maximum absolute atomic E-state index is 12.6. The zero-order valence-electron chi connectivity index (χ0n) is 15.2. The van der Waals surface area contributed by atoms with Crippen molar-refractivity contribution in [2.24, 2.45) is 0 Å². The molecule has 0 saturated carbocycles. The van der Waals surface area contributed by atoms with E-state index in [1.807, 2.05) is 0 Å². The molecule has 0 bridgehead atoms. The van der Waals surface area contributed by atoms with Crippen LogP contribution in [0.5, 0.6) is 5.75 Å². The van der Waals surface area contributed by atoms with Crippen molar-refractivity contribution in [1.82, 2.24) is 10.0 Å². The second-order valence-electron chi connectivity index (χ2n) is 5.94. The summed E-state index contributed by atoms with van der Waals surface area (Å²) < 4.78 is 69.4. The lowest BCUT2D eigenvalue weighted by atomic mass is 10.1. The summed E-state index contributed by atoms with van der Waals surface area (Å²) in [5.41, 5.74) is -0.450. The number of alkyl halides is 3. The average Bonchev–Trinajstić information content (AvgIpc) is 2.70. The van der Waals surface area contributed by atoms with Crippen molar-refractivity contribution in [1.29, 1.82) is 0 Å². The topological polar surface area (TPSA) is 105 Å². The van der Waals surface area contributed by atoms with Crippen molar-refractivity contribution in [3.8, 4) is 5.75 Å². The van der Waals surface area contributed by atoms with Crippen LogP contribution in [0.2, 0.25) is 0 Å². The van der Waals surface area contributed by atoms with Crippen molar-refractivity contribution in [2.45, 2.75) is 23.7 Å². The van der Waals surface area contributed by atoms with Crippen molar-refractivity contribution >= 4 is 15.9 Å². The third-order valence-corrected chi connectivity index (χ3v) is 5.40. The molecule has 0 saturated heterocycles.